The van der Waals surface area contributed by atoms with E-state index in [4.69, 9.17) is 12.2 Å². The van der Waals surface area contributed by atoms with Gasteiger partial charge in [0, 0.05) is 23.4 Å². The van der Waals surface area contributed by atoms with Gasteiger partial charge in [-0.1, -0.05) is 37.5 Å². The zero-order chi connectivity index (χ0) is 19.6. The van der Waals surface area contributed by atoms with Gasteiger partial charge in [-0.3, -0.25) is 14.9 Å². The highest BCUT2D eigenvalue weighted by atomic mass is 32.1. The van der Waals surface area contributed by atoms with Crippen LogP contribution < -0.4 is 16.0 Å². The lowest BCUT2D eigenvalue weighted by molar-refractivity contribution is -0.116. The van der Waals surface area contributed by atoms with Crippen molar-refractivity contribution in [2.45, 2.75) is 39.5 Å². The number of unbranched alkanes of at least 4 members (excludes halogenated alkanes) is 2. The van der Waals surface area contributed by atoms with Gasteiger partial charge in [0.1, 0.15) is 0 Å². The molecule has 0 fully saturated rings. The minimum atomic E-state index is -0.257. The van der Waals surface area contributed by atoms with E-state index >= 15 is 0 Å². The second-order valence-electron chi connectivity index (χ2n) is 6.36. The van der Waals surface area contributed by atoms with E-state index in [1.165, 1.54) is 0 Å². The van der Waals surface area contributed by atoms with Crippen molar-refractivity contribution in [1.29, 1.82) is 0 Å². The van der Waals surface area contributed by atoms with E-state index < -0.39 is 0 Å². The number of carbonyl (C=O) groups is 2. The van der Waals surface area contributed by atoms with E-state index in [9.17, 15) is 9.59 Å². The van der Waals surface area contributed by atoms with Crippen LogP contribution in [0.15, 0.2) is 48.5 Å². The van der Waals surface area contributed by atoms with Gasteiger partial charge in [0.05, 0.1) is 0 Å². The van der Waals surface area contributed by atoms with Crippen molar-refractivity contribution < 1.29 is 9.59 Å². The summed E-state index contributed by atoms with van der Waals surface area (Å²) in [5.41, 5.74) is 3.03. The average Bonchev–Trinajstić information content (AvgIpc) is 2.63. The molecule has 0 saturated heterocycles. The summed E-state index contributed by atoms with van der Waals surface area (Å²) in [7, 11) is 0. The Morgan fingerprint density at radius 2 is 1.63 bits per heavy atom. The van der Waals surface area contributed by atoms with Gasteiger partial charge in [0.15, 0.2) is 5.11 Å². The lowest BCUT2D eigenvalue weighted by Gasteiger charge is -2.11. The summed E-state index contributed by atoms with van der Waals surface area (Å²) in [6.07, 6.45) is 3.58. The zero-order valence-electron chi connectivity index (χ0n) is 15.7. The van der Waals surface area contributed by atoms with Gasteiger partial charge >= 0.3 is 0 Å². The van der Waals surface area contributed by atoms with Crippen LogP contribution in [-0.2, 0) is 4.79 Å². The first-order valence-electron chi connectivity index (χ1n) is 9.07. The van der Waals surface area contributed by atoms with Crippen molar-refractivity contribution in [2.24, 2.45) is 0 Å². The van der Waals surface area contributed by atoms with Gasteiger partial charge in [-0.25, -0.2) is 0 Å². The molecule has 0 aromatic heterocycles. The molecule has 0 saturated carbocycles. The highest BCUT2D eigenvalue weighted by Gasteiger charge is 2.08. The fourth-order valence-electron chi connectivity index (χ4n) is 2.52. The molecule has 142 valence electrons. The van der Waals surface area contributed by atoms with Gasteiger partial charge in [-0.2, -0.15) is 0 Å². The number of hydrogen-bond acceptors (Lipinski definition) is 3. The summed E-state index contributed by atoms with van der Waals surface area (Å²) >= 11 is 5.19. The molecule has 2 aromatic carbocycles. The molecule has 0 radical (unpaired) electrons. The molecule has 0 atom stereocenters. The molecule has 3 N–H and O–H groups in total. The first-order valence-corrected chi connectivity index (χ1v) is 9.47. The van der Waals surface area contributed by atoms with Crippen molar-refractivity contribution in [1.82, 2.24) is 5.32 Å². The van der Waals surface area contributed by atoms with Crippen LogP contribution in [0.5, 0.6) is 0 Å². The third-order valence-corrected chi connectivity index (χ3v) is 4.15. The minimum Gasteiger partial charge on any atom is -0.332 e. The highest BCUT2D eigenvalue weighted by Crippen LogP contribution is 2.14. The molecule has 0 aliphatic carbocycles. The fourth-order valence-corrected chi connectivity index (χ4v) is 2.73. The molecule has 0 heterocycles. The minimum absolute atomic E-state index is 0.0186. The molecule has 2 rings (SSSR count). The molecule has 0 unspecified atom stereocenters. The SMILES string of the molecule is CCCCCC(=O)Nc1ccc(NC(=S)NC(=O)c2cccc(C)c2)cc1. The number of nitrogens with one attached hydrogen (secondary N) is 3. The monoisotopic (exact) mass is 383 g/mol. The maximum absolute atomic E-state index is 12.2. The van der Waals surface area contributed by atoms with Crippen LogP contribution in [0.4, 0.5) is 11.4 Å². The standard InChI is InChI=1S/C21H25N3O2S/c1-3-4-5-9-19(25)22-17-10-12-18(13-11-17)23-21(27)24-20(26)16-8-6-7-15(2)14-16/h6-8,10-14H,3-5,9H2,1-2H3,(H,22,25)(H2,23,24,26,27). The first-order chi connectivity index (χ1) is 13.0. The lowest BCUT2D eigenvalue weighted by atomic mass is 10.1. The molecule has 0 spiro atoms. The van der Waals surface area contributed by atoms with Gasteiger partial charge in [0.2, 0.25) is 5.91 Å². The second-order valence-corrected chi connectivity index (χ2v) is 6.77. The predicted molar refractivity (Wildman–Crippen MR) is 114 cm³/mol. The first kappa shape index (κ1) is 20.6. The summed E-state index contributed by atoms with van der Waals surface area (Å²) in [6, 6.07) is 14.5. The van der Waals surface area contributed by atoms with Crippen molar-refractivity contribution >= 4 is 40.5 Å². The number of carbonyl (C=O) groups excluding carboxylic acids is 2. The molecular weight excluding hydrogens is 358 g/mol. The summed E-state index contributed by atoms with van der Waals surface area (Å²) in [5, 5.41) is 8.72. The van der Waals surface area contributed by atoms with Crippen molar-refractivity contribution in [3.05, 3.63) is 59.7 Å². The number of amides is 2. The Balaban J connectivity index is 1.84. The quantitative estimate of drug-likeness (QED) is 0.481. The number of hydrogen-bond donors (Lipinski definition) is 3. The summed E-state index contributed by atoms with van der Waals surface area (Å²) in [5.74, 6) is -0.239. The zero-order valence-corrected chi connectivity index (χ0v) is 16.5. The molecule has 0 aliphatic rings. The third kappa shape index (κ3) is 7.19. The summed E-state index contributed by atoms with van der Waals surface area (Å²) in [4.78, 5) is 24.0. The van der Waals surface area contributed by atoms with Crippen molar-refractivity contribution in [3.63, 3.8) is 0 Å². The van der Waals surface area contributed by atoms with Crippen LogP contribution >= 0.6 is 12.2 Å². The number of benzene rings is 2. The maximum atomic E-state index is 12.2. The molecule has 2 aromatic rings. The molecule has 27 heavy (non-hydrogen) atoms. The normalized spacial score (nSPS) is 10.1. The molecule has 6 heteroatoms. The second kappa shape index (κ2) is 10.4. The fraction of sp³-hybridized carbons (Fsp3) is 0.286. The molecule has 0 aliphatic heterocycles. The number of rotatable bonds is 7. The Morgan fingerprint density at radius 3 is 2.26 bits per heavy atom. The Labute approximate surface area is 165 Å². The smallest absolute Gasteiger partial charge is 0.257 e. The Morgan fingerprint density at radius 1 is 0.963 bits per heavy atom. The van der Waals surface area contributed by atoms with Crippen LogP contribution in [0.2, 0.25) is 0 Å². The molecular formula is C21H25N3O2S. The number of anilines is 2. The third-order valence-electron chi connectivity index (χ3n) is 3.94. The predicted octanol–water partition coefficient (Wildman–Crippen LogP) is 4.64. The molecule has 5 nitrogen and oxygen atoms in total. The number of aryl methyl sites for hydroxylation is 1. The van der Waals surface area contributed by atoms with Gasteiger partial charge in [-0.05, 0) is 62.0 Å². The molecule has 0 bridgehead atoms. The Kier molecular flexibility index (Phi) is 7.95. The van der Waals surface area contributed by atoms with Crippen LogP contribution in [0.25, 0.3) is 0 Å². The van der Waals surface area contributed by atoms with Crippen LogP contribution in [0.3, 0.4) is 0 Å². The summed E-state index contributed by atoms with van der Waals surface area (Å²) < 4.78 is 0. The van der Waals surface area contributed by atoms with Crippen molar-refractivity contribution in [3.8, 4) is 0 Å². The topological polar surface area (TPSA) is 70.2 Å². The summed E-state index contributed by atoms with van der Waals surface area (Å²) in [6.45, 7) is 4.04. The van der Waals surface area contributed by atoms with Crippen molar-refractivity contribution in [2.75, 3.05) is 10.6 Å². The van der Waals surface area contributed by atoms with E-state index in [0.717, 1.165) is 36.2 Å². The van der Waals surface area contributed by atoms with E-state index in [1.54, 1.807) is 36.4 Å². The maximum Gasteiger partial charge on any atom is 0.257 e. The largest absolute Gasteiger partial charge is 0.332 e. The lowest BCUT2D eigenvalue weighted by Crippen LogP contribution is -2.34. The van der Waals surface area contributed by atoms with E-state index in [2.05, 4.69) is 22.9 Å². The van der Waals surface area contributed by atoms with Gasteiger partial charge < -0.3 is 10.6 Å². The van der Waals surface area contributed by atoms with Crippen LogP contribution in [0.1, 0.15) is 48.5 Å². The van der Waals surface area contributed by atoms with E-state index in [-0.39, 0.29) is 16.9 Å². The van der Waals surface area contributed by atoms with E-state index in [0.29, 0.717) is 12.0 Å². The van der Waals surface area contributed by atoms with Gasteiger partial charge in [-0.15, -0.1) is 0 Å². The molecule has 2 amide bonds. The Bertz CT molecular complexity index is 803. The van der Waals surface area contributed by atoms with Crippen LogP contribution in [0, 0.1) is 6.92 Å². The van der Waals surface area contributed by atoms with E-state index in [1.807, 2.05) is 19.1 Å². The van der Waals surface area contributed by atoms with Gasteiger partial charge in [0.25, 0.3) is 5.91 Å². The average molecular weight is 384 g/mol. The highest BCUT2D eigenvalue weighted by molar-refractivity contribution is 7.80. The van der Waals surface area contributed by atoms with Crippen LogP contribution in [-0.4, -0.2) is 16.9 Å². The number of thiocarbonyl (C=S) groups is 1. The Hall–Kier alpha value is -2.73.